The van der Waals surface area contributed by atoms with Gasteiger partial charge in [0.05, 0.1) is 19.3 Å². The van der Waals surface area contributed by atoms with E-state index in [9.17, 15) is 0 Å². The van der Waals surface area contributed by atoms with Crippen molar-refractivity contribution in [1.82, 2.24) is 0 Å². The molecule has 1 heterocycles. The summed E-state index contributed by atoms with van der Waals surface area (Å²) in [5.74, 6) is -0.437. The number of rotatable bonds is 2. The van der Waals surface area contributed by atoms with Crippen molar-refractivity contribution in [1.29, 1.82) is 0 Å². The van der Waals surface area contributed by atoms with Gasteiger partial charge >= 0.3 is 0 Å². The highest BCUT2D eigenvalue weighted by Gasteiger charge is 2.42. The number of ether oxygens (including phenoxy) is 2. The summed E-state index contributed by atoms with van der Waals surface area (Å²) in [5.41, 5.74) is 0. The average Bonchev–Trinajstić information content (AvgIpc) is 2.69. The van der Waals surface area contributed by atoms with E-state index in [-0.39, 0.29) is 11.1 Å². The van der Waals surface area contributed by atoms with Gasteiger partial charge in [-0.05, 0) is 30.6 Å². The number of hydrogen-bond acceptors (Lipinski definition) is 3. The van der Waals surface area contributed by atoms with Crippen molar-refractivity contribution in [2.45, 2.75) is 63.6 Å². The molecule has 0 saturated carbocycles. The Balaban J connectivity index is 1.97. The summed E-state index contributed by atoms with van der Waals surface area (Å²) in [4.78, 5) is 0. The van der Waals surface area contributed by atoms with Crippen LogP contribution < -0.4 is 0 Å². The van der Waals surface area contributed by atoms with Gasteiger partial charge in [0.1, 0.15) is 0 Å². The molecule has 1 aliphatic carbocycles. The monoisotopic (exact) mass is 270 g/mol. The Morgan fingerprint density at radius 3 is 2.28 bits per heavy atom. The molecule has 0 radical (unpaired) electrons. The summed E-state index contributed by atoms with van der Waals surface area (Å²) in [6.45, 7) is 12.8. The average molecular weight is 270 g/mol. The Labute approximate surface area is 112 Å². The van der Waals surface area contributed by atoms with Crippen molar-refractivity contribution in [2.24, 2.45) is 0 Å². The molecule has 0 N–H and O–H groups in total. The van der Waals surface area contributed by atoms with Crippen LogP contribution in [0.1, 0.15) is 33.6 Å². The van der Waals surface area contributed by atoms with Gasteiger partial charge in [-0.2, -0.15) is 0 Å². The molecule has 3 nitrogen and oxygen atoms in total. The van der Waals surface area contributed by atoms with E-state index >= 15 is 0 Å². The molecule has 1 saturated heterocycles. The molecule has 1 spiro atoms. The minimum atomic E-state index is -1.68. The lowest BCUT2D eigenvalue weighted by atomic mass is 10.00. The summed E-state index contributed by atoms with van der Waals surface area (Å²) in [6, 6.07) is 0. The van der Waals surface area contributed by atoms with Crippen LogP contribution in [0.25, 0.3) is 0 Å². The molecule has 0 aromatic heterocycles. The number of hydrogen-bond donors (Lipinski definition) is 0. The normalized spacial score (nSPS) is 27.9. The fourth-order valence-corrected chi connectivity index (χ4v) is 3.45. The summed E-state index contributed by atoms with van der Waals surface area (Å²) < 4.78 is 17.7. The molecule has 104 valence electrons. The highest BCUT2D eigenvalue weighted by molar-refractivity contribution is 6.74. The third-order valence-corrected chi connectivity index (χ3v) is 8.87. The third kappa shape index (κ3) is 2.87. The molecule has 4 heteroatoms. The first-order valence-corrected chi connectivity index (χ1v) is 9.80. The second kappa shape index (κ2) is 4.74. The van der Waals surface area contributed by atoms with Crippen molar-refractivity contribution in [2.75, 3.05) is 13.2 Å². The molecule has 0 amide bonds. The first kappa shape index (κ1) is 14.3. The Morgan fingerprint density at radius 1 is 1.22 bits per heavy atom. The van der Waals surface area contributed by atoms with E-state index in [0.717, 1.165) is 12.8 Å². The van der Waals surface area contributed by atoms with E-state index in [4.69, 9.17) is 13.9 Å². The molecule has 0 aromatic carbocycles. The highest BCUT2D eigenvalue weighted by atomic mass is 28.4. The van der Waals surface area contributed by atoms with E-state index in [1.807, 2.05) is 0 Å². The van der Waals surface area contributed by atoms with Crippen molar-refractivity contribution in [3.8, 4) is 0 Å². The first-order valence-electron chi connectivity index (χ1n) is 6.89. The van der Waals surface area contributed by atoms with Crippen LogP contribution >= 0.6 is 0 Å². The second-order valence-corrected chi connectivity index (χ2v) is 11.6. The predicted molar refractivity (Wildman–Crippen MR) is 75.1 cm³/mol. The zero-order valence-corrected chi connectivity index (χ0v) is 13.3. The maximum absolute atomic E-state index is 6.39. The molecular weight excluding hydrogens is 244 g/mol. The van der Waals surface area contributed by atoms with Crippen molar-refractivity contribution in [3.63, 3.8) is 0 Å². The highest BCUT2D eigenvalue weighted by Crippen LogP contribution is 2.39. The smallest absolute Gasteiger partial charge is 0.192 e. The van der Waals surface area contributed by atoms with Gasteiger partial charge in [-0.1, -0.05) is 26.8 Å². The molecule has 0 unspecified atom stereocenters. The summed E-state index contributed by atoms with van der Waals surface area (Å²) in [5, 5.41) is 0.260. The first-order chi connectivity index (χ1) is 8.24. The van der Waals surface area contributed by atoms with E-state index in [0.29, 0.717) is 13.2 Å². The molecule has 2 aliphatic rings. The summed E-state index contributed by atoms with van der Waals surface area (Å²) in [6.07, 6.45) is 6.31. The topological polar surface area (TPSA) is 27.7 Å². The fraction of sp³-hybridized carbons (Fsp3) is 0.857. The van der Waals surface area contributed by atoms with Gasteiger partial charge in [0.2, 0.25) is 0 Å². The predicted octanol–water partition coefficient (Wildman–Crippen LogP) is 3.47. The standard InChI is InChI=1S/C14H26O3Si/c1-13(2,3)18(4,5)17-12-6-8-14(9-7-12)15-10-11-16-14/h6,8,12H,7,9-11H2,1-5H3/t12-/m1/s1. The van der Waals surface area contributed by atoms with Gasteiger partial charge < -0.3 is 13.9 Å². The second-order valence-electron chi connectivity index (χ2n) is 6.82. The molecular formula is C14H26O3Si. The third-order valence-electron chi connectivity index (χ3n) is 4.37. The zero-order valence-electron chi connectivity index (χ0n) is 12.3. The molecule has 18 heavy (non-hydrogen) atoms. The largest absolute Gasteiger partial charge is 0.411 e. The van der Waals surface area contributed by atoms with Crippen LogP contribution in [0.15, 0.2) is 12.2 Å². The lowest BCUT2D eigenvalue weighted by Gasteiger charge is -2.40. The molecule has 1 fully saturated rings. The van der Waals surface area contributed by atoms with E-state index in [1.165, 1.54) is 0 Å². The molecule has 1 atom stereocenters. The van der Waals surface area contributed by atoms with Crippen LogP contribution in [0, 0.1) is 0 Å². The zero-order chi connectivity index (χ0) is 13.4. The van der Waals surface area contributed by atoms with Crippen molar-refractivity contribution >= 4 is 8.32 Å². The van der Waals surface area contributed by atoms with Gasteiger partial charge in [-0.3, -0.25) is 0 Å². The maximum atomic E-state index is 6.39. The summed E-state index contributed by atoms with van der Waals surface area (Å²) in [7, 11) is -1.68. The Morgan fingerprint density at radius 2 is 1.83 bits per heavy atom. The maximum Gasteiger partial charge on any atom is 0.192 e. The van der Waals surface area contributed by atoms with Gasteiger partial charge in [-0.15, -0.1) is 0 Å². The fourth-order valence-electron chi connectivity index (χ4n) is 2.14. The van der Waals surface area contributed by atoms with Gasteiger partial charge in [0, 0.05) is 6.42 Å². The Hall–Kier alpha value is -0.163. The SMILES string of the molecule is CC(C)(C)[Si](C)(C)O[C@@H]1C=CC2(CC1)OCCO2. The quantitative estimate of drug-likeness (QED) is 0.568. The minimum Gasteiger partial charge on any atom is -0.411 e. The van der Waals surface area contributed by atoms with Crippen LogP contribution in [0.2, 0.25) is 18.1 Å². The molecule has 1 aliphatic heterocycles. The lowest BCUT2D eigenvalue weighted by molar-refractivity contribution is -0.129. The molecule has 0 aromatic rings. The van der Waals surface area contributed by atoms with Crippen LogP contribution in [0.5, 0.6) is 0 Å². The summed E-state index contributed by atoms with van der Waals surface area (Å²) >= 11 is 0. The van der Waals surface area contributed by atoms with Gasteiger partial charge in [0.15, 0.2) is 14.1 Å². The minimum absolute atomic E-state index is 0.226. The van der Waals surface area contributed by atoms with Crippen LogP contribution in [-0.2, 0) is 13.9 Å². The van der Waals surface area contributed by atoms with Gasteiger partial charge in [0.25, 0.3) is 0 Å². The van der Waals surface area contributed by atoms with Crippen molar-refractivity contribution in [3.05, 3.63) is 12.2 Å². The van der Waals surface area contributed by atoms with Gasteiger partial charge in [-0.25, -0.2) is 0 Å². The Bertz CT molecular complexity index is 324. The van der Waals surface area contributed by atoms with Crippen molar-refractivity contribution < 1.29 is 13.9 Å². The van der Waals surface area contributed by atoms with Crippen LogP contribution in [-0.4, -0.2) is 33.4 Å². The van der Waals surface area contributed by atoms with E-state index in [1.54, 1.807) is 0 Å². The van der Waals surface area contributed by atoms with E-state index in [2.05, 4.69) is 46.0 Å². The molecule has 0 bridgehead atoms. The lowest BCUT2D eigenvalue weighted by Crippen LogP contribution is -2.45. The van der Waals surface area contributed by atoms with Crippen LogP contribution in [0.3, 0.4) is 0 Å². The Kier molecular flexibility index (Phi) is 3.76. The molecule has 2 rings (SSSR count). The van der Waals surface area contributed by atoms with Crippen LogP contribution in [0.4, 0.5) is 0 Å². The van der Waals surface area contributed by atoms with E-state index < -0.39 is 14.1 Å².